The highest BCUT2D eigenvalue weighted by molar-refractivity contribution is 5.94. The molecule has 0 radical (unpaired) electrons. The van der Waals surface area contributed by atoms with Crippen molar-refractivity contribution in [2.24, 2.45) is 4.99 Å². The van der Waals surface area contributed by atoms with Crippen molar-refractivity contribution in [1.82, 2.24) is 0 Å². The smallest absolute Gasteiger partial charge is 0.254 e. The van der Waals surface area contributed by atoms with Gasteiger partial charge in [-0.05, 0) is 25.5 Å². The molecule has 1 aliphatic heterocycles. The lowest BCUT2D eigenvalue weighted by Gasteiger charge is -2.10. The van der Waals surface area contributed by atoms with E-state index in [9.17, 15) is 5.11 Å². The Morgan fingerprint density at radius 1 is 1.27 bits per heavy atom. The van der Waals surface area contributed by atoms with Crippen molar-refractivity contribution in [3.05, 3.63) is 59.0 Å². The van der Waals surface area contributed by atoms with Gasteiger partial charge in [-0.15, -0.1) is 0 Å². The van der Waals surface area contributed by atoms with E-state index < -0.39 is 6.10 Å². The molecule has 0 fully saturated rings. The monoisotopic (exact) mass is 299 g/mol. The molecule has 1 aliphatic rings. The van der Waals surface area contributed by atoms with Gasteiger partial charge in [0.1, 0.15) is 18.5 Å². The summed E-state index contributed by atoms with van der Waals surface area (Å²) >= 11 is 0. The van der Waals surface area contributed by atoms with Crippen LogP contribution < -0.4 is 0 Å². The number of benzene rings is 1. The summed E-state index contributed by atoms with van der Waals surface area (Å²) in [7, 11) is 0. The quantitative estimate of drug-likeness (QED) is 0.940. The fourth-order valence-corrected chi connectivity index (χ4v) is 2.52. The highest BCUT2D eigenvalue weighted by atomic mass is 16.5. The first-order chi connectivity index (χ1) is 10.5. The Kier molecular flexibility index (Phi) is 3.79. The van der Waals surface area contributed by atoms with Gasteiger partial charge in [-0.1, -0.05) is 37.3 Å². The first-order valence-electron chi connectivity index (χ1n) is 7.59. The Morgan fingerprint density at radius 3 is 2.59 bits per heavy atom. The van der Waals surface area contributed by atoms with E-state index in [0.29, 0.717) is 23.8 Å². The van der Waals surface area contributed by atoms with Crippen LogP contribution in [0.4, 0.5) is 0 Å². The number of furan rings is 1. The molecule has 116 valence electrons. The minimum Gasteiger partial charge on any atom is -0.473 e. The van der Waals surface area contributed by atoms with Crippen LogP contribution in [0.15, 0.2) is 45.8 Å². The van der Waals surface area contributed by atoms with Crippen LogP contribution >= 0.6 is 0 Å². The summed E-state index contributed by atoms with van der Waals surface area (Å²) in [6, 6.07) is 11.4. The Morgan fingerprint density at radius 2 is 2.00 bits per heavy atom. The highest BCUT2D eigenvalue weighted by Crippen LogP contribution is 2.31. The molecule has 1 atom stereocenters. The van der Waals surface area contributed by atoms with Crippen LogP contribution in [-0.4, -0.2) is 23.2 Å². The fraction of sp³-hybridized carbons (Fsp3) is 0.389. The second-order valence-corrected chi connectivity index (χ2v) is 6.18. The Bertz CT molecular complexity index is 686. The normalized spacial score (nSPS) is 17.9. The van der Waals surface area contributed by atoms with Crippen LogP contribution in [-0.2, 0) is 11.2 Å². The van der Waals surface area contributed by atoms with Gasteiger partial charge in [-0.25, -0.2) is 4.99 Å². The number of rotatable bonds is 4. The zero-order valence-corrected chi connectivity index (χ0v) is 13.2. The molecule has 0 spiro atoms. The highest BCUT2D eigenvalue weighted by Gasteiger charge is 2.32. The molecule has 1 N–H and O–H groups in total. The van der Waals surface area contributed by atoms with Crippen molar-refractivity contribution >= 4 is 5.90 Å². The van der Waals surface area contributed by atoms with Gasteiger partial charge in [0.15, 0.2) is 5.76 Å². The maximum atomic E-state index is 10.7. The fourth-order valence-electron chi connectivity index (χ4n) is 2.52. The van der Waals surface area contributed by atoms with Crippen LogP contribution in [0.3, 0.4) is 0 Å². The third-order valence-electron chi connectivity index (χ3n) is 3.73. The molecule has 4 heteroatoms. The first-order valence-corrected chi connectivity index (χ1v) is 7.59. The maximum absolute atomic E-state index is 10.7. The van der Waals surface area contributed by atoms with Gasteiger partial charge in [0.05, 0.1) is 5.54 Å². The zero-order chi connectivity index (χ0) is 15.7. The van der Waals surface area contributed by atoms with E-state index in [2.05, 4.69) is 4.99 Å². The number of aliphatic imine (C=N–C) groups is 1. The van der Waals surface area contributed by atoms with E-state index in [1.165, 1.54) is 0 Å². The van der Waals surface area contributed by atoms with Crippen molar-refractivity contribution in [1.29, 1.82) is 0 Å². The predicted molar refractivity (Wildman–Crippen MR) is 85.2 cm³/mol. The maximum Gasteiger partial charge on any atom is 0.254 e. The molecule has 0 amide bonds. The molecule has 2 aromatic rings. The lowest BCUT2D eigenvalue weighted by molar-refractivity contribution is 0.217. The number of aliphatic hydroxyl groups is 1. The summed E-state index contributed by atoms with van der Waals surface area (Å²) in [5.74, 6) is 1.84. The summed E-state index contributed by atoms with van der Waals surface area (Å²) in [6.07, 6.45) is 0.000755. The Labute approximate surface area is 130 Å². The standard InChI is InChI=1S/C18H21NO3/c1-4-13-10-14(15(20)12-8-6-5-7-9-12)16(22-13)17-19-18(2,3)11-21-17/h5-10,15,20H,4,11H2,1-3H3. The van der Waals surface area contributed by atoms with Gasteiger partial charge < -0.3 is 14.3 Å². The van der Waals surface area contributed by atoms with Gasteiger partial charge in [-0.2, -0.15) is 0 Å². The van der Waals surface area contributed by atoms with Crippen LogP contribution in [0.5, 0.6) is 0 Å². The average Bonchev–Trinajstić information content (AvgIpc) is 3.10. The zero-order valence-electron chi connectivity index (χ0n) is 13.2. The average molecular weight is 299 g/mol. The molecule has 1 aromatic heterocycles. The predicted octanol–water partition coefficient (Wildman–Crippen LogP) is 3.48. The van der Waals surface area contributed by atoms with Gasteiger partial charge in [0.25, 0.3) is 5.90 Å². The molecule has 0 saturated heterocycles. The van der Waals surface area contributed by atoms with E-state index in [1.807, 2.05) is 57.2 Å². The summed E-state index contributed by atoms with van der Waals surface area (Å²) in [4.78, 5) is 4.56. The molecular weight excluding hydrogens is 278 g/mol. The third-order valence-corrected chi connectivity index (χ3v) is 3.73. The molecule has 0 aliphatic carbocycles. The molecule has 2 heterocycles. The number of nitrogens with zero attached hydrogens (tertiary/aromatic N) is 1. The van der Waals surface area contributed by atoms with E-state index in [-0.39, 0.29) is 5.54 Å². The van der Waals surface area contributed by atoms with Gasteiger partial charge in [0, 0.05) is 12.0 Å². The number of ether oxygens (including phenoxy) is 1. The SMILES string of the molecule is CCc1cc(C(O)c2ccccc2)c(C2=NC(C)(C)CO2)o1. The largest absolute Gasteiger partial charge is 0.473 e. The van der Waals surface area contributed by atoms with Crippen LogP contribution in [0, 0.1) is 0 Å². The Balaban J connectivity index is 2.03. The first kappa shape index (κ1) is 14.9. The molecule has 1 unspecified atom stereocenters. The lowest BCUT2D eigenvalue weighted by Crippen LogP contribution is -2.17. The van der Waals surface area contributed by atoms with Crippen molar-refractivity contribution < 1.29 is 14.3 Å². The summed E-state index contributed by atoms with van der Waals surface area (Å²) in [5, 5.41) is 10.7. The molecule has 1 aromatic carbocycles. The van der Waals surface area contributed by atoms with E-state index in [1.54, 1.807) is 0 Å². The van der Waals surface area contributed by atoms with Gasteiger partial charge in [-0.3, -0.25) is 0 Å². The topological polar surface area (TPSA) is 55.0 Å². The third kappa shape index (κ3) is 2.79. The molecular formula is C18H21NO3. The molecule has 0 bridgehead atoms. The van der Waals surface area contributed by atoms with Crippen molar-refractivity contribution in [3.63, 3.8) is 0 Å². The Hall–Kier alpha value is -2.07. The second-order valence-electron chi connectivity index (χ2n) is 6.18. The number of aliphatic hydroxyl groups excluding tert-OH is 1. The van der Waals surface area contributed by atoms with E-state index in [4.69, 9.17) is 9.15 Å². The van der Waals surface area contributed by atoms with Gasteiger partial charge in [0.2, 0.25) is 0 Å². The van der Waals surface area contributed by atoms with E-state index in [0.717, 1.165) is 17.7 Å². The number of hydrogen-bond acceptors (Lipinski definition) is 4. The molecule has 3 rings (SSSR count). The lowest BCUT2D eigenvalue weighted by atomic mass is 10.0. The molecule has 4 nitrogen and oxygen atoms in total. The van der Waals surface area contributed by atoms with Crippen LogP contribution in [0.25, 0.3) is 0 Å². The summed E-state index contributed by atoms with van der Waals surface area (Å²) in [6.45, 7) is 6.56. The molecule has 22 heavy (non-hydrogen) atoms. The van der Waals surface area contributed by atoms with Crippen molar-refractivity contribution in [3.8, 4) is 0 Å². The second kappa shape index (κ2) is 5.61. The number of aryl methyl sites for hydroxylation is 1. The van der Waals surface area contributed by atoms with Crippen LogP contribution in [0.1, 0.15) is 49.5 Å². The van der Waals surface area contributed by atoms with Gasteiger partial charge >= 0.3 is 0 Å². The van der Waals surface area contributed by atoms with Crippen molar-refractivity contribution in [2.45, 2.75) is 38.8 Å². The minimum absolute atomic E-state index is 0.260. The minimum atomic E-state index is -0.754. The summed E-state index contributed by atoms with van der Waals surface area (Å²) in [5.41, 5.74) is 1.27. The van der Waals surface area contributed by atoms with Crippen molar-refractivity contribution in [2.75, 3.05) is 6.61 Å². The summed E-state index contributed by atoms with van der Waals surface area (Å²) < 4.78 is 11.6. The number of hydrogen-bond donors (Lipinski definition) is 1. The van der Waals surface area contributed by atoms with Crippen LogP contribution in [0.2, 0.25) is 0 Å². The molecule has 0 saturated carbocycles. The van der Waals surface area contributed by atoms with E-state index >= 15 is 0 Å².